The van der Waals surface area contributed by atoms with Crippen LogP contribution in [-0.4, -0.2) is 48.5 Å². The van der Waals surface area contributed by atoms with E-state index in [0.717, 1.165) is 0 Å². The van der Waals surface area contributed by atoms with E-state index in [-0.39, 0.29) is 35.5 Å². The molecule has 0 spiro atoms. The number of carbonyl (C=O) groups excluding carboxylic acids is 1. The van der Waals surface area contributed by atoms with Crippen LogP contribution < -0.4 is 0 Å². The molecule has 0 saturated carbocycles. The number of aromatic nitrogens is 5. The molecule has 0 radical (unpaired) electrons. The summed E-state index contributed by atoms with van der Waals surface area (Å²) >= 11 is 0. The third-order valence-corrected chi connectivity index (χ3v) is 5.34. The van der Waals surface area contributed by atoms with Crippen molar-refractivity contribution in [3.63, 3.8) is 0 Å². The first-order valence-electron chi connectivity index (χ1n) is 9.26. The molecule has 10 heteroatoms. The van der Waals surface area contributed by atoms with Gasteiger partial charge in [0.05, 0.1) is 5.69 Å². The fourth-order valence-electron chi connectivity index (χ4n) is 3.71. The van der Waals surface area contributed by atoms with E-state index < -0.39 is 18.1 Å². The van der Waals surface area contributed by atoms with E-state index >= 15 is 0 Å². The molecule has 0 N–H and O–H groups in total. The van der Waals surface area contributed by atoms with Crippen molar-refractivity contribution in [2.75, 3.05) is 13.1 Å². The van der Waals surface area contributed by atoms with Crippen molar-refractivity contribution in [1.82, 2.24) is 29.5 Å². The van der Waals surface area contributed by atoms with Gasteiger partial charge in [0.25, 0.3) is 18.1 Å². The molecule has 3 aromatic heterocycles. The lowest BCUT2D eigenvalue weighted by atomic mass is 9.84. The van der Waals surface area contributed by atoms with E-state index in [4.69, 9.17) is 0 Å². The Bertz CT molecular complexity index is 1070. The lowest BCUT2D eigenvalue weighted by molar-refractivity contribution is 0.0654. The molecule has 4 rings (SSSR count). The first-order valence-corrected chi connectivity index (χ1v) is 9.26. The van der Waals surface area contributed by atoms with Gasteiger partial charge in [0.2, 0.25) is 0 Å². The minimum absolute atomic E-state index is 0.0832. The number of alkyl halides is 2. The van der Waals surface area contributed by atoms with Gasteiger partial charge in [-0.3, -0.25) is 4.79 Å². The number of pyridine rings is 1. The molecule has 1 saturated heterocycles. The van der Waals surface area contributed by atoms with Crippen LogP contribution >= 0.6 is 0 Å². The first-order chi connectivity index (χ1) is 13.8. The van der Waals surface area contributed by atoms with E-state index in [9.17, 15) is 18.0 Å². The summed E-state index contributed by atoms with van der Waals surface area (Å²) in [5.41, 5.74) is 0.428. The summed E-state index contributed by atoms with van der Waals surface area (Å²) in [7, 11) is 0. The molecule has 0 unspecified atom stereocenters. The molecular formula is C19H19F3N6O. The van der Waals surface area contributed by atoms with E-state index in [1.54, 1.807) is 6.92 Å². The molecular weight excluding hydrogens is 385 g/mol. The van der Waals surface area contributed by atoms with Gasteiger partial charge in [-0.15, -0.1) is 0 Å². The fraction of sp³-hybridized carbons (Fsp3) is 0.421. The van der Waals surface area contributed by atoms with Crippen LogP contribution in [0.3, 0.4) is 0 Å². The number of halogens is 3. The van der Waals surface area contributed by atoms with Crippen LogP contribution in [0.4, 0.5) is 13.2 Å². The van der Waals surface area contributed by atoms with Crippen molar-refractivity contribution < 1.29 is 18.0 Å². The molecule has 4 heterocycles. The number of hydrogen-bond donors (Lipinski definition) is 0. The third-order valence-electron chi connectivity index (χ3n) is 5.34. The zero-order chi connectivity index (χ0) is 20.7. The topological polar surface area (TPSA) is 76.3 Å². The quantitative estimate of drug-likeness (QED) is 0.670. The summed E-state index contributed by atoms with van der Waals surface area (Å²) in [6.07, 6.45) is -0.867. The second kappa shape index (κ2) is 7.41. The predicted molar refractivity (Wildman–Crippen MR) is 97.1 cm³/mol. The molecule has 3 aromatic rings. The van der Waals surface area contributed by atoms with Gasteiger partial charge < -0.3 is 4.90 Å². The van der Waals surface area contributed by atoms with Crippen LogP contribution in [0.2, 0.25) is 0 Å². The molecule has 152 valence electrons. The van der Waals surface area contributed by atoms with Crippen molar-refractivity contribution in [2.45, 2.75) is 32.6 Å². The van der Waals surface area contributed by atoms with Gasteiger partial charge in [-0.2, -0.15) is 10.1 Å². The Morgan fingerprint density at radius 2 is 2.07 bits per heavy atom. The van der Waals surface area contributed by atoms with Crippen LogP contribution in [0.25, 0.3) is 5.78 Å². The Kier molecular flexibility index (Phi) is 4.93. The van der Waals surface area contributed by atoms with Crippen molar-refractivity contribution in [3.8, 4) is 0 Å². The number of aryl methyl sites for hydroxylation is 1. The second-order valence-electron chi connectivity index (χ2n) is 7.29. The van der Waals surface area contributed by atoms with Gasteiger partial charge in [0.15, 0.2) is 11.5 Å². The molecule has 7 nitrogen and oxygen atoms in total. The van der Waals surface area contributed by atoms with Crippen molar-refractivity contribution in [1.29, 1.82) is 0 Å². The molecule has 1 aliphatic rings. The predicted octanol–water partition coefficient (Wildman–Crippen LogP) is 3.17. The maximum atomic E-state index is 14.2. The van der Waals surface area contributed by atoms with Crippen LogP contribution in [0, 0.1) is 18.7 Å². The van der Waals surface area contributed by atoms with Crippen molar-refractivity contribution in [3.05, 3.63) is 53.1 Å². The van der Waals surface area contributed by atoms with E-state index in [0.29, 0.717) is 24.4 Å². The standard InChI is InChI=1S/C19H19F3N6O/c1-10-5-6-27(18(29)16-13(20)4-3-11(2)25-16)8-12(10)15-7-14(17(21)22)26-19-23-9-24-28(15)19/h3-4,7,9-10,12,17H,5-6,8H2,1-2H3/t10-,12-/m1/s1. The van der Waals surface area contributed by atoms with Gasteiger partial charge in [-0.25, -0.2) is 27.7 Å². The molecule has 0 aromatic carbocycles. The Hall–Kier alpha value is -3.04. The number of likely N-dealkylation sites (tertiary alicyclic amines) is 1. The first kappa shape index (κ1) is 19.3. The fourth-order valence-corrected chi connectivity index (χ4v) is 3.71. The van der Waals surface area contributed by atoms with Crippen LogP contribution in [0.15, 0.2) is 24.5 Å². The van der Waals surface area contributed by atoms with Gasteiger partial charge in [-0.1, -0.05) is 6.92 Å². The van der Waals surface area contributed by atoms with Crippen molar-refractivity contribution in [2.24, 2.45) is 5.92 Å². The monoisotopic (exact) mass is 404 g/mol. The molecule has 0 aliphatic carbocycles. The van der Waals surface area contributed by atoms with Crippen molar-refractivity contribution >= 4 is 11.7 Å². The average Bonchev–Trinajstić information content (AvgIpc) is 3.18. The number of fused-ring (bicyclic) bond motifs is 1. The minimum Gasteiger partial charge on any atom is -0.337 e. The Labute approximate surface area is 164 Å². The molecule has 29 heavy (non-hydrogen) atoms. The van der Waals surface area contributed by atoms with Gasteiger partial charge in [-0.05, 0) is 37.5 Å². The number of amides is 1. The van der Waals surface area contributed by atoms with Crippen LogP contribution in [-0.2, 0) is 0 Å². The summed E-state index contributed by atoms with van der Waals surface area (Å²) in [5.74, 6) is -1.31. The zero-order valence-corrected chi connectivity index (χ0v) is 15.9. The largest absolute Gasteiger partial charge is 0.337 e. The number of rotatable bonds is 3. The Morgan fingerprint density at radius 3 is 2.83 bits per heavy atom. The van der Waals surface area contributed by atoms with E-state index in [1.807, 2.05) is 6.92 Å². The highest BCUT2D eigenvalue weighted by molar-refractivity contribution is 5.92. The number of carbonyl (C=O) groups is 1. The average molecular weight is 404 g/mol. The highest BCUT2D eigenvalue weighted by Gasteiger charge is 2.34. The molecule has 2 atom stereocenters. The summed E-state index contributed by atoms with van der Waals surface area (Å²) in [5, 5.41) is 4.10. The molecule has 0 bridgehead atoms. The lowest BCUT2D eigenvalue weighted by Crippen LogP contribution is -2.43. The van der Waals surface area contributed by atoms with Crippen LogP contribution in [0.5, 0.6) is 0 Å². The van der Waals surface area contributed by atoms with Crippen LogP contribution in [0.1, 0.15) is 53.3 Å². The second-order valence-corrected chi connectivity index (χ2v) is 7.29. The lowest BCUT2D eigenvalue weighted by Gasteiger charge is -2.37. The highest BCUT2D eigenvalue weighted by atomic mass is 19.3. The molecule has 1 aliphatic heterocycles. The van der Waals surface area contributed by atoms with Gasteiger partial charge >= 0.3 is 0 Å². The summed E-state index contributed by atoms with van der Waals surface area (Å²) < 4.78 is 42.2. The van der Waals surface area contributed by atoms with E-state index in [1.165, 1.54) is 33.9 Å². The SMILES string of the molecule is Cc1ccc(F)c(C(=O)N2CC[C@@H](C)[C@H](c3cc(C(F)F)nc4ncnn34)C2)n1. The Balaban J connectivity index is 1.70. The minimum atomic E-state index is -2.75. The van der Waals surface area contributed by atoms with Gasteiger partial charge in [0.1, 0.15) is 12.0 Å². The highest BCUT2D eigenvalue weighted by Crippen LogP contribution is 2.34. The molecule has 1 amide bonds. The summed E-state index contributed by atoms with van der Waals surface area (Å²) in [6, 6.07) is 4.03. The smallest absolute Gasteiger partial charge is 0.280 e. The normalized spacial score (nSPS) is 19.9. The summed E-state index contributed by atoms with van der Waals surface area (Å²) in [6.45, 7) is 4.33. The third kappa shape index (κ3) is 3.54. The molecule has 1 fully saturated rings. The van der Waals surface area contributed by atoms with E-state index in [2.05, 4.69) is 20.1 Å². The number of nitrogens with zero attached hydrogens (tertiary/aromatic N) is 6. The summed E-state index contributed by atoms with van der Waals surface area (Å²) in [4.78, 5) is 26.2. The van der Waals surface area contributed by atoms with Gasteiger partial charge in [0, 0.05) is 24.7 Å². The Morgan fingerprint density at radius 1 is 1.28 bits per heavy atom. The maximum Gasteiger partial charge on any atom is 0.280 e. The number of piperidine rings is 1. The number of hydrogen-bond acceptors (Lipinski definition) is 5. The zero-order valence-electron chi connectivity index (χ0n) is 15.9. The maximum absolute atomic E-state index is 14.2.